The van der Waals surface area contributed by atoms with Crippen LogP contribution in [-0.2, 0) is 21.9 Å². The summed E-state index contributed by atoms with van der Waals surface area (Å²) in [5, 5.41) is 0. The van der Waals surface area contributed by atoms with Gasteiger partial charge in [0.25, 0.3) is 0 Å². The Morgan fingerprint density at radius 2 is 1.67 bits per heavy atom. The molecule has 1 aromatic carbocycles. The predicted octanol–water partition coefficient (Wildman–Crippen LogP) is 4.01. The smallest absolute Gasteiger partial charge is 0.299 e. The van der Waals surface area contributed by atoms with Gasteiger partial charge in [-0.15, -0.1) is 0 Å². The Kier molecular flexibility index (Phi) is 5.94. The van der Waals surface area contributed by atoms with E-state index in [2.05, 4.69) is 18.9 Å². The third kappa shape index (κ3) is 3.68. The number of fused-ring (bicyclic) bond motifs is 1. The molecule has 2 aliphatic carbocycles. The van der Waals surface area contributed by atoms with Crippen LogP contribution in [0.5, 0.6) is 0 Å². The first kappa shape index (κ1) is 17.9. The monoisotopic (exact) mass is 355 g/mol. The Morgan fingerprint density at radius 1 is 1.00 bits per heavy atom. The van der Waals surface area contributed by atoms with Crippen LogP contribution in [0.3, 0.4) is 0 Å². The van der Waals surface area contributed by atoms with E-state index < -0.39 is 0 Å². The zero-order valence-corrected chi connectivity index (χ0v) is 14.2. The number of benzene rings is 1. The molecular weight excluding hydrogens is 338 g/mol. The molecule has 1 unspecified atom stereocenters. The van der Waals surface area contributed by atoms with Gasteiger partial charge in [-0.2, -0.15) is 0 Å². The van der Waals surface area contributed by atoms with Gasteiger partial charge in [-0.25, -0.2) is 0 Å². The quantitative estimate of drug-likeness (QED) is 0.751. The largest absolute Gasteiger partial charge is 2.00 e. The summed E-state index contributed by atoms with van der Waals surface area (Å²) in [7, 11) is 0. The molecule has 2 nitrogen and oxygen atoms in total. The van der Waals surface area contributed by atoms with Gasteiger partial charge >= 0.3 is 17.1 Å². The molecule has 1 heterocycles. The average Bonchev–Trinajstić information content (AvgIpc) is 3.28. The Bertz CT molecular complexity index is 612. The summed E-state index contributed by atoms with van der Waals surface area (Å²) < 4.78 is 0. The summed E-state index contributed by atoms with van der Waals surface area (Å²) in [5.74, 6) is 2.36. The van der Waals surface area contributed by atoms with Crippen molar-refractivity contribution in [2.75, 3.05) is 0 Å². The summed E-state index contributed by atoms with van der Waals surface area (Å²) in [6, 6.07) is 8.18. The molecule has 1 atom stereocenters. The third-order valence-corrected chi connectivity index (χ3v) is 4.48. The van der Waals surface area contributed by atoms with Crippen LogP contribution in [0.25, 0.3) is 0 Å². The topological polar surface area (TPSA) is 29.4 Å². The molecule has 1 aliphatic heterocycles. The minimum Gasteiger partial charge on any atom is -0.299 e. The number of carbonyl (C=O) groups excluding carboxylic acids is 1. The van der Waals surface area contributed by atoms with E-state index in [4.69, 9.17) is 4.99 Å². The van der Waals surface area contributed by atoms with E-state index in [1.165, 1.54) is 5.56 Å². The predicted molar refractivity (Wildman–Crippen MR) is 91.4 cm³/mol. The maximum Gasteiger partial charge on any atom is 2.00 e. The van der Waals surface area contributed by atoms with E-state index in [0.717, 1.165) is 29.7 Å². The summed E-state index contributed by atoms with van der Waals surface area (Å²) >= 11 is 0. The van der Waals surface area contributed by atoms with Crippen molar-refractivity contribution in [2.24, 2.45) is 4.99 Å². The molecule has 3 heteroatoms. The van der Waals surface area contributed by atoms with Gasteiger partial charge in [-0.3, -0.25) is 9.79 Å². The molecule has 0 aromatic heterocycles. The van der Waals surface area contributed by atoms with Crippen molar-refractivity contribution in [3.8, 4) is 0 Å². The minimum absolute atomic E-state index is 0. The Morgan fingerprint density at radius 3 is 2.42 bits per heavy atom. The second kappa shape index (κ2) is 7.97. The van der Waals surface area contributed by atoms with Gasteiger partial charge in [-0.05, 0) is 75.3 Å². The summed E-state index contributed by atoms with van der Waals surface area (Å²) in [6.45, 7) is 0. The Balaban J connectivity index is 0.00000169. The fourth-order valence-corrected chi connectivity index (χ4v) is 3.30. The first-order valence-corrected chi connectivity index (χ1v) is 7.95. The fourth-order valence-electron chi connectivity index (χ4n) is 3.30. The van der Waals surface area contributed by atoms with E-state index >= 15 is 0 Å². The molecule has 2 saturated carbocycles. The molecule has 0 spiro atoms. The molecule has 10 radical (unpaired) electrons. The number of hydrogen-bond acceptors (Lipinski definition) is 2. The number of para-hydroxylation sites is 1. The van der Waals surface area contributed by atoms with Crippen LogP contribution < -0.4 is 0 Å². The van der Waals surface area contributed by atoms with E-state index in [0.29, 0.717) is 6.42 Å². The van der Waals surface area contributed by atoms with Crippen LogP contribution in [0, 0.1) is 63.2 Å². The van der Waals surface area contributed by atoms with E-state index in [1.807, 2.05) is 56.7 Å². The zero-order valence-electron chi connectivity index (χ0n) is 13.1. The molecule has 1 aromatic rings. The van der Waals surface area contributed by atoms with E-state index in [9.17, 15) is 4.79 Å². The van der Waals surface area contributed by atoms with Crippen LogP contribution in [0.15, 0.2) is 29.3 Å². The van der Waals surface area contributed by atoms with Crippen molar-refractivity contribution in [3.05, 3.63) is 93.0 Å². The van der Waals surface area contributed by atoms with Gasteiger partial charge in [0, 0.05) is 24.0 Å². The minimum atomic E-state index is 0. The average molecular weight is 355 g/mol. The number of rotatable bonds is 4. The molecule has 24 heavy (non-hydrogen) atoms. The number of hydrogen-bond donors (Lipinski definition) is 0. The number of carbonyl (C=O) groups is 1. The first-order chi connectivity index (χ1) is 11.3. The molecule has 4 rings (SSSR count). The van der Waals surface area contributed by atoms with Crippen molar-refractivity contribution in [2.45, 2.75) is 18.8 Å². The maximum atomic E-state index is 12.5. The van der Waals surface area contributed by atoms with Crippen LogP contribution >= 0.6 is 0 Å². The standard InChI is InChI=1S/C21H17NO.Fe/c23-21(16-9-3-4-10-16)14-17-13-20(15-7-1-2-8-15)22-19-12-6-5-11-18(17)19;/h1-12,17H,13-14H2;/q;+2. The van der Waals surface area contributed by atoms with Crippen LogP contribution in [-0.4, -0.2) is 11.5 Å². The first-order valence-electron chi connectivity index (χ1n) is 7.95. The summed E-state index contributed by atoms with van der Waals surface area (Å²) in [4.78, 5) is 17.4. The molecule has 2 fully saturated rings. The number of Topliss-reactive ketones (excluding diaryl/α,β-unsaturated/α-hetero) is 1. The zero-order chi connectivity index (χ0) is 15.6. The molecule has 0 amide bonds. The summed E-state index contributed by atoms with van der Waals surface area (Å²) in [6.07, 6.45) is 17.2. The fraction of sp³-hybridized carbons (Fsp3) is 0.143. The van der Waals surface area contributed by atoms with Gasteiger partial charge in [0.2, 0.25) is 0 Å². The Hall–Kier alpha value is -0.921. The van der Waals surface area contributed by atoms with Crippen LogP contribution in [0.2, 0.25) is 0 Å². The second-order valence-corrected chi connectivity index (χ2v) is 5.99. The van der Waals surface area contributed by atoms with Crippen molar-refractivity contribution in [3.63, 3.8) is 0 Å². The molecule has 0 N–H and O–H groups in total. The van der Waals surface area contributed by atoms with Crippen molar-refractivity contribution >= 4 is 17.2 Å². The van der Waals surface area contributed by atoms with Crippen molar-refractivity contribution in [1.29, 1.82) is 0 Å². The third-order valence-electron chi connectivity index (χ3n) is 4.48. The number of nitrogens with zero attached hydrogens (tertiary/aromatic N) is 1. The van der Waals surface area contributed by atoms with Gasteiger partial charge in [0.1, 0.15) is 5.78 Å². The van der Waals surface area contributed by atoms with E-state index in [-0.39, 0.29) is 28.8 Å². The van der Waals surface area contributed by atoms with Crippen LogP contribution in [0.4, 0.5) is 5.69 Å². The Labute approximate surface area is 156 Å². The van der Waals surface area contributed by atoms with E-state index in [1.54, 1.807) is 0 Å². The van der Waals surface area contributed by atoms with Crippen molar-refractivity contribution in [1.82, 2.24) is 0 Å². The number of ketones is 1. The number of aliphatic imine (C=N–C) groups is 1. The van der Waals surface area contributed by atoms with Crippen molar-refractivity contribution < 1.29 is 21.9 Å². The maximum absolute atomic E-state index is 12.5. The molecule has 0 saturated heterocycles. The van der Waals surface area contributed by atoms with Gasteiger partial charge in [0.15, 0.2) is 0 Å². The molecule has 3 aliphatic rings. The molecule has 0 bridgehead atoms. The molecular formula is C21H17FeNO+2. The normalized spacial score (nSPS) is 24.3. The van der Waals surface area contributed by atoms with Gasteiger partial charge < -0.3 is 0 Å². The van der Waals surface area contributed by atoms with Gasteiger partial charge in [-0.1, -0.05) is 18.2 Å². The van der Waals surface area contributed by atoms with Gasteiger partial charge in [0.05, 0.1) is 5.69 Å². The second-order valence-electron chi connectivity index (χ2n) is 5.99. The van der Waals surface area contributed by atoms with Crippen LogP contribution in [0.1, 0.15) is 24.3 Å². The SMILES string of the molecule is O=C(CC1CC([C]2[CH][CH][CH][CH]2)=Nc2ccccc21)[C]1[CH][CH][CH][CH]1.[Fe+2]. The summed E-state index contributed by atoms with van der Waals surface area (Å²) in [5.41, 5.74) is 3.26. The molecule has 118 valence electrons.